The molecule has 0 radical (unpaired) electrons. The third-order valence-corrected chi connectivity index (χ3v) is 5.97. The molecule has 2 N–H and O–H groups in total. The van der Waals surface area contributed by atoms with Crippen LogP contribution in [0.3, 0.4) is 0 Å². The lowest BCUT2D eigenvalue weighted by molar-refractivity contribution is -0.124. The number of para-hydroxylation sites is 2. The number of nitrogens with one attached hydrogen (secondary N) is 2. The number of carbonyl (C=O) groups is 3. The predicted octanol–water partition coefficient (Wildman–Crippen LogP) is 4.42. The molecule has 176 valence electrons. The molecule has 1 unspecified atom stereocenters. The highest BCUT2D eigenvalue weighted by molar-refractivity contribution is 6.05. The fourth-order valence-corrected chi connectivity index (χ4v) is 4.47. The van der Waals surface area contributed by atoms with Crippen molar-refractivity contribution in [1.82, 2.24) is 9.55 Å². The van der Waals surface area contributed by atoms with Gasteiger partial charge in [0.25, 0.3) is 5.91 Å². The van der Waals surface area contributed by atoms with Gasteiger partial charge in [0.2, 0.25) is 17.8 Å². The van der Waals surface area contributed by atoms with E-state index < -0.39 is 6.04 Å². The van der Waals surface area contributed by atoms with E-state index >= 15 is 0 Å². The maximum atomic E-state index is 13.5. The lowest BCUT2D eigenvalue weighted by Gasteiger charge is -2.16. The Bertz CT molecular complexity index is 1440. The van der Waals surface area contributed by atoms with Gasteiger partial charge < -0.3 is 10.6 Å². The Labute approximate surface area is 202 Å². The minimum Gasteiger partial charge on any atom is -0.326 e. The van der Waals surface area contributed by atoms with Crippen molar-refractivity contribution < 1.29 is 14.4 Å². The number of carbonyl (C=O) groups excluding carboxylic acids is 3. The number of rotatable bonds is 6. The van der Waals surface area contributed by atoms with Gasteiger partial charge >= 0.3 is 0 Å². The number of benzene rings is 3. The average Bonchev–Trinajstić information content (AvgIpc) is 3.31. The number of nitrogens with zero attached hydrogens (tertiary/aromatic N) is 3. The van der Waals surface area contributed by atoms with Crippen molar-refractivity contribution in [1.29, 1.82) is 0 Å². The molecule has 4 aromatic rings. The average molecular weight is 468 g/mol. The van der Waals surface area contributed by atoms with Crippen LogP contribution in [0.25, 0.3) is 11.0 Å². The van der Waals surface area contributed by atoms with E-state index in [1.807, 2.05) is 60.0 Å². The third kappa shape index (κ3) is 4.50. The molecule has 3 amide bonds. The van der Waals surface area contributed by atoms with Gasteiger partial charge in [-0.2, -0.15) is 0 Å². The Balaban J connectivity index is 1.40. The van der Waals surface area contributed by atoms with Crippen molar-refractivity contribution in [2.75, 3.05) is 15.5 Å². The first kappa shape index (κ1) is 22.3. The Morgan fingerprint density at radius 2 is 1.66 bits per heavy atom. The summed E-state index contributed by atoms with van der Waals surface area (Å²) < 4.78 is 1.87. The van der Waals surface area contributed by atoms with E-state index in [9.17, 15) is 14.4 Å². The van der Waals surface area contributed by atoms with E-state index in [0.717, 1.165) is 22.2 Å². The maximum absolute atomic E-state index is 13.5. The van der Waals surface area contributed by atoms with Gasteiger partial charge in [0.1, 0.15) is 6.04 Å². The number of imidazole rings is 1. The zero-order chi connectivity index (χ0) is 24.5. The fraction of sp³-hybridized carbons (Fsp3) is 0.185. The van der Waals surface area contributed by atoms with Crippen LogP contribution in [-0.2, 0) is 20.9 Å². The summed E-state index contributed by atoms with van der Waals surface area (Å²) >= 11 is 0. The van der Waals surface area contributed by atoms with Crippen molar-refractivity contribution in [3.05, 3.63) is 83.9 Å². The molecule has 1 aromatic heterocycles. The van der Waals surface area contributed by atoms with Crippen LogP contribution in [0.4, 0.5) is 17.3 Å². The molecule has 5 rings (SSSR count). The number of fused-ring (bicyclic) bond motifs is 3. The van der Waals surface area contributed by atoms with E-state index in [2.05, 4.69) is 10.6 Å². The molecule has 1 aliphatic rings. The summed E-state index contributed by atoms with van der Waals surface area (Å²) in [5.74, 6) is -0.0528. The van der Waals surface area contributed by atoms with Crippen LogP contribution >= 0.6 is 0 Å². The number of hydrogen-bond acceptors (Lipinski definition) is 4. The second kappa shape index (κ2) is 9.06. The summed E-state index contributed by atoms with van der Waals surface area (Å²) in [6.07, 6.45) is -0.0239. The fourth-order valence-electron chi connectivity index (χ4n) is 4.47. The molecule has 0 saturated heterocycles. The quantitative estimate of drug-likeness (QED) is 0.439. The molecule has 0 saturated carbocycles. The second-order valence-corrected chi connectivity index (χ2v) is 8.71. The summed E-state index contributed by atoms with van der Waals surface area (Å²) in [6.45, 7) is 3.83. The van der Waals surface area contributed by atoms with Crippen LogP contribution in [0.15, 0.2) is 72.8 Å². The third-order valence-electron chi connectivity index (χ3n) is 5.97. The van der Waals surface area contributed by atoms with Gasteiger partial charge in [-0.3, -0.25) is 23.9 Å². The molecule has 35 heavy (non-hydrogen) atoms. The number of anilines is 3. The molecule has 0 aliphatic carbocycles. The normalized spacial score (nSPS) is 14.7. The van der Waals surface area contributed by atoms with Crippen molar-refractivity contribution >= 4 is 46.1 Å². The topological polar surface area (TPSA) is 96.3 Å². The molecule has 8 heteroatoms. The minimum atomic E-state index is -0.694. The number of aryl methyl sites for hydroxylation is 1. The number of aromatic nitrogens is 2. The van der Waals surface area contributed by atoms with Gasteiger partial charge in [-0.25, -0.2) is 4.98 Å². The highest BCUT2D eigenvalue weighted by atomic mass is 16.2. The van der Waals surface area contributed by atoms with Gasteiger partial charge in [-0.15, -0.1) is 0 Å². The van der Waals surface area contributed by atoms with Crippen molar-refractivity contribution in [2.24, 2.45) is 0 Å². The SMILES string of the molecule is CC(=O)Nc1ccc(NC(=O)CC2C(=O)N(Cc3cccc(C)c3)c3nc4ccccc4n32)cc1. The van der Waals surface area contributed by atoms with Crippen molar-refractivity contribution in [2.45, 2.75) is 32.9 Å². The van der Waals surface area contributed by atoms with Crippen LogP contribution in [0.2, 0.25) is 0 Å². The van der Waals surface area contributed by atoms with Gasteiger partial charge in [0.05, 0.1) is 24.0 Å². The monoisotopic (exact) mass is 467 g/mol. The minimum absolute atomic E-state index is 0.0239. The van der Waals surface area contributed by atoms with Gasteiger partial charge in [-0.1, -0.05) is 42.0 Å². The van der Waals surface area contributed by atoms with Crippen LogP contribution in [0, 0.1) is 6.92 Å². The predicted molar refractivity (Wildman–Crippen MR) is 135 cm³/mol. The molecular weight excluding hydrogens is 442 g/mol. The number of amides is 3. The van der Waals surface area contributed by atoms with Crippen molar-refractivity contribution in [3.63, 3.8) is 0 Å². The Kier molecular flexibility index (Phi) is 5.78. The summed E-state index contributed by atoms with van der Waals surface area (Å²) in [4.78, 5) is 44.1. The second-order valence-electron chi connectivity index (χ2n) is 8.71. The maximum Gasteiger partial charge on any atom is 0.253 e. The summed E-state index contributed by atoms with van der Waals surface area (Å²) in [6, 6.07) is 21.8. The molecule has 0 fully saturated rings. The molecule has 3 aromatic carbocycles. The van der Waals surface area contributed by atoms with Gasteiger partial charge in [0.15, 0.2) is 0 Å². The van der Waals surface area contributed by atoms with E-state index in [-0.39, 0.29) is 24.1 Å². The van der Waals surface area contributed by atoms with Crippen LogP contribution in [-0.4, -0.2) is 27.3 Å². The zero-order valence-electron chi connectivity index (χ0n) is 19.5. The summed E-state index contributed by atoms with van der Waals surface area (Å²) in [5.41, 5.74) is 4.94. The van der Waals surface area contributed by atoms with E-state index in [0.29, 0.717) is 23.9 Å². The lowest BCUT2D eigenvalue weighted by Crippen LogP contribution is -2.31. The zero-order valence-corrected chi connectivity index (χ0v) is 19.5. The highest BCUT2D eigenvalue weighted by Crippen LogP contribution is 2.37. The Hall–Kier alpha value is -4.46. The lowest BCUT2D eigenvalue weighted by atomic mass is 10.1. The van der Waals surface area contributed by atoms with Crippen LogP contribution < -0.4 is 15.5 Å². The standard InChI is InChI=1S/C27H25N5O3/c1-17-6-5-7-19(14-17)16-31-26(35)24(32-23-9-4-3-8-22(23)30-27(31)32)15-25(34)29-21-12-10-20(11-13-21)28-18(2)33/h3-14,24H,15-16H2,1-2H3,(H,28,33)(H,29,34). The molecule has 2 heterocycles. The Morgan fingerprint density at radius 1 is 0.943 bits per heavy atom. The summed E-state index contributed by atoms with van der Waals surface area (Å²) in [7, 11) is 0. The molecule has 0 bridgehead atoms. The smallest absolute Gasteiger partial charge is 0.253 e. The van der Waals surface area contributed by atoms with Crippen molar-refractivity contribution in [3.8, 4) is 0 Å². The highest BCUT2D eigenvalue weighted by Gasteiger charge is 2.40. The first-order chi connectivity index (χ1) is 16.9. The Morgan fingerprint density at radius 3 is 2.37 bits per heavy atom. The summed E-state index contributed by atoms with van der Waals surface area (Å²) in [5, 5.41) is 5.55. The first-order valence-electron chi connectivity index (χ1n) is 11.4. The van der Waals surface area contributed by atoms with Crippen LogP contribution in [0.1, 0.15) is 30.5 Å². The largest absolute Gasteiger partial charge is 0.326 e. The number of hydrogen-bond donors (Lipinski definition) is 2. The first-order valence-corrected chi connectivity index (χ1v) is 11.4. The molecule has 0 spiro atoms. The van der Waals surface area contributed by atoms with E-state index in [4.69, 9.17) is 4.98 Å². The molecule has 1 aliphatic heterocycles. The molecule has 8 nitrogen and oxygen atoms in total. The van der Waals surface area contributed by atoms with E-state index in [1.165, 1.54) is 6.92 Å². The molecular formula is C27H25N5O3. The van der Waals surface area contributed by atoms with Gasteiger partial charge in [-0.05, 0) is 48.9 Å². The van der Waals surface area contributed by atoms with Crippen LogP contribution in [0.5, 0.6) is 0 Å². The molecule has 1 atom stereocenters. The van der Waals surface area contributed by atoms with E-state index in [1.54, 1.807) is 29.2 Å². The van der Waals surface area contributed by atoms with Gasteiger partial charge in [0, 0.05) is 18.3 Å².